The molecule has 1 aromatic rings. The molecule has 0 heterocycles. The Hall–Kier alpha value is -0.900. The molecule has 0 saturated carbocycles. The summed E-state index contributed by atoms with van der Waals surface area (Å²) in [6, 6.07) is 8.73. The summed E-state index contributed by atoms with van der Waals surface area (Å²) in [5.41, 5.74) is 3.02. The summed E-state index contributed by atoms with van der Waals surface area (Å²) in [6.07, 6.45) is 2.07. The van der Waals surface area contributed by atoms with Gasteiger partial charge in [0.1, 0.15) is 0 Å². The van der Waals surface area contributed by atoms with Crippen molar-refractivity contribution in [1.82, 2.24) is 5.32 Å². The molecule has 1 atom stereocenters. The number of benzene rings is 1. The standard InChI is InChI=1S/C16H25NO2/c1-3-18-16(19-4-2)9-10-17-12-14-11-13-7-5-6-8-15(13)14/h5-8,14,16-17H,3-4,9-12H2,1-2H3. The third kappa shape index (κ3) is 4.03. The van der Waals surface area contributed by atoms with Crippen LogP contribution >= 0.6 is 0 Å². The van der Waals surface area contributed by atoms with Crippen molar-refractivity contribution in [2.24, 2.45) is 0 Å². The van der Waals surface area contributed by atoms with Crippen molar-refractivity contribution in [1.29, 1.82) is 0 Å². The van der Waals surface area contributed by atoms with Crippen LogP contribution in [0.25, 0.3) is 0 Å². The van der Waals surface area contributed by atoms with Crippen LogP contribution in [0.2, 0.25) is 0 Å². The predicted octanol–water partition coefficient (Wildman–Crippen LogP) is 2.71. The molecule has 19 heavy (non-hydrogen) atoms. The van der Waals surface area contributed by atoms with Gasteiger partial charge in [-0.2, -0.15) is 0 Å². The second-order valence-electron chi connectivity index (χ2n) is 4.93. The van der Waals surface area contributed by atoms with Crippen molar-refractivity contribution < 1.29 is 9.47 Å². The van der Waals surface area contributed by atoms with E-state index in [1.54, 1.807) is 0 Å². The number of rotatable bonds is 9. The second-order valence-corrected chi connectivity index (χ2v) is 4.93. The summed E-state index contributed by atoms with van der Waals surface area (Å²) < 4.78 is 11.0. The highest BCUT2D eigenvalue weighted by Gasteiger charge is 2.24. The van der Waals surface area contributed by atoms with Gasteiger partial charge >= 0.3 is 0 Å². The first-order valence-corrected chi connectivity index (χ1v) is 7.36. The lowest BCUT2D eigenvalue weighted by atomic mass is 9.77. The Balaban J connectivity index is 1.62. The molecule has 0 radical (unpaired) electrons. The van der Waals surface area contributed by atoms with Crippen molar-refractivity contribution in [2.75, 3.05) is 26.3 Å². The van der Waals surface area contributed by atoms with E-state index in [2.05, 4.69) is 29.6 Å². The Bertz CT molecular complexity index is 375. The molecule has 0 spiro atoms. The van der Waals surface area contributed by atoms with Gasteiger partial charge in [-0.25, -0.2) is 0 Å². The maximum absolute atomic E-state index is 5.52. The zero-order valence-corrected chi connectivity index (χ0v) is 12.0. The molecular weight excluding hydrogens is 238 g/mol. The summed E-state index contributed by atoms with van der Waals surface area (Å²) in [7, 11) is 0. The normalized spacial score (nSPS) is 17.3. The Morgan fingerprint density at radius 1 is 1.21 bits per heavy atom. The molecule has 1 aromatic carbocycles. The van der Waals surface area contributed by atoms with Gasteiger partial charge in [0.2, 0.25) is 0 Å². The third-order valence-corrected chi connectivity index (χ3v) is 3.61. The minimum absolute atomic E-state index is 0.0591. The van der Waals surface area contributed by atoms with E-state index in [1.165, 1.54) is 17.5 Å². The summed E-state index contributed by atoms with van der Waals surface area (Å²) >= 11 is 0. The van der Waals surface area contributed by atoms with Gasteiger partial charge in [0.05, 0.1) is 0 Å². The fourth-order valence-corrected chi connectivity index (χ4v) is 2.63. The van der Waals surface area contributed by atoms with Crippen molar-refractivity contribution in [3.63, 3.8) is 0 Å². The molecule has 3 nitrogen and oxygen atoms in total. The van der Waals surface area contributed by atoms with Crippen molar-refractivity contribution in [3.8, 4) is 0 Å². The Kier molecular flexibility index (Phi) is 5.83. The predicted molar refractivity (Wildman–Crippen MR) is 77.4 cm³/mol. The highest BCUT2D eigenvalue weighted by atomic mass is 16.7. The lowest BCUT2D eigenvalue weighted by Crippen LogP contribution is -2.31. The van der Waals surface area contributed by atoms with E-state index in [0.29, 0.717) is 19.1 Å². The first kappa shape index (κ1) is 14.5. The molecule has 0 saturated heterocycles. The van der Waals surface area contributed by atoms with Crippen LogP contribution in [0.3, 0.4) is 0 Å². The van der Waals surface area contributed by atoms with Crippen molar-refractivity contribution in [3.05, 3.63) is 35.4 Å². The molecule has 1 aliphatic rings. The van der Waals surface area contributed by atoms with E-state index in [0.717, 1.165) is 19.5 Å². The lowest BCUT2D eigenvalue weighted by Gasteiger charge is -2.30. The van der Waals surface area contributed by atoms with Gasteiger partial charge < -0.3 is 14.8 Å². The maximum atomic E-state index is 5.52. The average molecular weight is 263 g/mol. The Morgan fingerprint density at radius 3 is 2.63 bits per heavy atom. The number of hydrogen-bond acceptors (Lipinski definition) is 3. The van der Waals surface area contributed by atoms with Gasteiger partial charge in [0.15, 0.2) is 6.29 Å². The molecule has 0 amide bonds. The Morgan fingerprint density at radius 2 is 1.95 bits per heavy atom. The fourth-order valence-electron chi connectivity index (χ4n) is 2.63. The SMILES string of the molecule is CCOC(CCNCC1Cc2ccccc21)OCC. The van der Waals surface area contributed by atoms with Crippen LogP contribution < -0.4 is 5.32 Å². The number of fused-ring (bicyclic) bond motifs is 1. The highest BCUT2D eigenvalue weighted by Crippen LogP contribution is 2.33. The molecule has 3 heteroatoms. The number of nitrogens with one attached hydrogen (secondary N) is 1. The van der Waals surface area contributed by atoms with Crippen LogP contribution in [0.15, 0.2) is 24.3 Å². The number of ether oxygens (including phenoxy) is 2. The minimum Gasteiger partial charge on any atom is -0.353 e. The maximum Gasteiger partial charge on any atom is 0.158 e. The van der Waals surface area contributed by atoms with E-state index < -0.39 is 0 Å². The van der Waals surface area contributed by atoms with Gasteiger partial charge in [-0.3, -0.25) is 0 Å². The lowest BCUT2D eigenvalue weighted by molar-refractivity contribution is -0.138. The van der Waals surface area contributed by atoms with E-state index in [1.807, 2.05) is 13.8 Å². The average Bonchev–Trinajstić information content (AvgIpc) is 2.39. The summed E-state index contributed by atoms with van der Waals surface area (Å²) in [5, 5.41) is 3.52. The van der Waals surface area contributed by atoms with Gasteiger partial charge in [-0.15, -0.1) is 0 Å². The molecular formula is C16H25NO2. The third-order valence-electron chi connectivity index (χ3n) is 3.61. The molecule has 0 bridgehead atoms. The van der Waals surface area contributed by atoms with Gasteiger partial charge in [0.25, 0.3) is 0 Å². The minimum atomic E-state index is -0.0591. The fraction of sp³-hybridized carbons (Fsp3) is 0.625. The first-order valence-electron chi connectivity index (χ1n) is 7.36. The van der Waals surface area contributed by atoms with Crippen LogP contribution in [0, 0.1) is 0 Å². The second kappa shape index (κ2) is 7.63. The zero-order chi connectivity index (χ0) is 13.5. The van der Waals surface area contributed by atoms with Crippen LogP contribution in [-0.4, -0.2) is 32.6 Å². The zero-order valence-electron chi connectivity index (χ0n) is 12.0. The molecule has 1 unspecified atom stereocenters. The number of hydrogen-bond donors (Lipinski definition) is 1. The quantitative estimate of drug-likeness (QED) is 0.549. The van der Waals surface area contributed by atoms with Crippen molar-refractivity contribution in [2.45, 2.75) is 38.9 Å². The van der Waals surface area contributed by atoms with Crippen LogP contribution in [0.4, 0.5) is 0 Å². The largest absolute Gasteiger partial charge is 0.353 e. The molecule has 106 valence electrons. The smallest absolute Gasteiger partial charge is 0.158 e. The summed E-state index contributed by atoms with van der Waals surface area (Å²) in [4.78, 5) is 0. The molecule has 0 aromatic heterocycles. The molecule has 1 aliphatic carbocycles. The van der Waals surface area contributed by atoms with Crippen LogP contribution in [0.1, 0.15) is 37.3 Å². The van der Waals surface area contributed by atoms with E-state index in [9.17, 15) is 0 Å². The monoisotopic (exact) mass is 263 g/mol. The van der Waals surface area contributed by atoms with Gasteiger partial charge in [-0.05, 0) is 37.9 Å². The summed E-state index contributed by atoms with van der Waals surface area (Å²) in [5.74, 6) is 0.689. The van der Waals surface area contributed by atoms with Crippen LogP contribution in [0.5, 0.6) is 0 Å². The Labute approximate surface area is 116 Å². The van der Waals surface area contributed by atoms with Crippen LogP contribution in [-0.2, 0) is 15.9 Å². The van der Waals surface area contributed by atoms with E-state index in [4.69, 9.17) is 9.47 Å². The molecule has 0 aliphatic heterocycles. The topological polar surface area (TPSA) is 30.5 Å². The first-order chi connectivity index (χ1) is 9.35. The van der Waals surface area contributed by atoms with Gasteiger partial charge in [-0.1, -0.05) is 24.3 Å². The summed E-state index contributed by atoms with van der Waals surface area (Å²) in [6.45, 7) is 7.43. The highest BCUT2D eigenvalue weighted by molar-refractivity contribution is 5.40. The van der Waals surface area contributed by atoms with E-state index >= 15 is 0 Å². The van der Waals surface area contributed by atoms with Gasteiger partial charge in [0, 0.05) is 32.1 Å². The molecule has 0 fully saturated rings. The van der Waals surface area contributed by atoms with E-state index in [-0.39, 0.29) is 6.29 Å². The molecule has 2 rings (SSSR count). The molecule has 1 N–H and O–H groups in total. The van der Waals surface area contributed by atoms with Crippen molar-refractivity contribution >= 4 is 0 Å².